The molecule has 1 aliphatic rings. The third-order valence-electron chi connectivity index (χ3n) is 3.67. The van der Waals surface area contributed by atoms with Gasteiger partial charge in [0.25, 0.3) is 0 Å². The van der Waals surface area contributed by atoms with Gasteiger partial charge in [-0.3, -0.25) is 4.79 Å². The van der Waals surface area contributed by atoms with E-state index in [0.29, 0.717) is 6.54 Å². The summed E-state index contributed by atoms with van der Waals surface area (Å²) in [6.45, 7) is 10.7. The summed E-state index contributed by atoms with van der Waals surface area (Å²) >= 11 is 0. The topological polar surface area (TPSA) is 57.3 Å². The van der Waals surface area contributed by atoms with Crippen LogP contribution >= 0.6 is 0 Å². The zero-order valence-electron chi connectivity index (χ0n) is 13.4. The highest BCUT2D eigenvalue weighted by Gasteiger charge is 2.30. The fraction of sp³-hybridized carbons (Fsp3) is 0.625. The molecule has 1 fully saturated rings. The summed E-state index contributed by atoms with van der Waals surface area (Å²) in [6.07, 6.45) is 2.59. The molecule has 0 saturated carbocycles. The molecule has 21 heavy (non-hydrogen) atoms. The average molecular weight is 290 g/mol. The highest BCUT2D eigenvalue weighted by Crippen LogP contribution is 2.23. The zero-order valence-corrected chi connectivity index (χ0v) is 13.4. The lowest BCUT2D eigenvalue weighted by Gasteiger charge is -2.36. The van der Waals surface area contributed by atoms with Crippen LogP contribution in [0.1, 0.15) is 39.7 Å². The normalized spacial score (nSPS) is 19.5. The van der Waals surface area contributed by atoms with Crippen molar-refractivity contribution in [3.8, 4) is 0 Å². The Morgan fingerprint density at radius 2 is 2.24 bits per heavy atom. The number of pyridine rings is 1. The van der Waals surface area contributed by atoms with E-state index in [1.165, 1.54) is 0 Å². The van der Waals surface area contributed by atoms with Crippen LogP contribution in [0, 0.1) is 0 Å². The molecule has 1 atom stereocenters. The predicted molar refractivity (Wildman–Crippen MR) is 85.3 cm³/mol. The molecule has 2 rings (SSSR count). The molecule has 1 amide bonds. The Bertz CT molecular complexity index is 495. The van der Waals surface area contributed by atoms with Gasteiger partial charge in [0.05, 0.1) is 0 Å². The van der Waals surface area contributed by atoms with Gasteiger partial charge in [-0.2, -0.15) is 0 Å². The van der Waals surface area contributed by atoms with Crippen LogP contribution < -0.4 is 15.5 Å². The van der Waals surface area contributed by atoms with E-state index in [-0.39, 0.29) is 17.5 Å². The summed E-state index contributed by atoms with van der Waals surface area (Å²) in [7, 11) is 0. The molecule has 0 spiro atoms. The molecule has 1 aromatic heterocycles. The van der Waals surface area contributed by atoms with Crippen molar-refractivity contribution in [2.75, 3.05) is 18.0 Å². The van der Waals surface area contributed by atoms with E-state index in [1.807, 2.05) is 13.0 Å². The fourth-order valence-corrected chi connectivity index (χ4v) is 2.56. The second-order valence-electron chi connectivity index (χ2n) is 6.50. The first-order chi connectivity index (χ1) is 9.92. The number of piperazine rings is 1. The molecule has 0 aliphatic carbocycles. The first-order valence-corrected chi connectivity index (χ1v) is 7.65. The Morgan fingerprint density at radius 1 is 1.48 bits per heavy atom. The fourth-order valence-electron chi connectivity index (χ4n) is 2.56. The lowest BCUT2D eigenvalue weighted by molar-refractivity contribution is -0.123. The second-order valence-corrected chi connectivity index (χ2v) is 6.50. The Labute approximate surface area is 127 Å². The Balaban J connectivity index is 2.24. The van der Waals surface area contributed by atoms with Crippen molar-refractivity contribution in [3.05, 3.63) is 23.9 Å². The van der Waals surface area contributed by atoms with Crippen molar-refractivity contribution in [2.45, 2.75) is 52.2 Å². The van der Waals surface area contributed by atoms with E-state index in [2.05, 4.69) is 47.4 Å². The van der Waals surface area contributed by atoms with Gasteiger partial charge in [0.15, 0.2) is 0 Å². The molecule has 1 aromatic rings. The Hall–Kier alpha value is -1.62. The highest BCUT2D eigenvalue weighted by atomic mass is 16.2. The van der Waals surface area contributed by atoms with Gasteiger partial charge in [0, 0.05) is 36.9 Å². The summed E-state index contributed by atoms with van der Waals surface area (Å²) in [5.41, 5.74) is 1.19. The molecule has 2 heterocycles. The first kappa shape index (κ1) is 15.8. The highest BCUT2D eigenvalue weighted by molar-refractivity contribution is 5.86. The van der Waals surface area contributed by atoms with E-state index in [1.54, 1.807) is 6.20 Å². The molecule has 0 bridgehead atoms. The maximum Gasteiger partial charge on any atom is 0.242 e. The number of carbonyl (C=O) groups is 1. The van der Waals surface area contributed by atoms with E-state index in [0.717, 1.165) is 30.9 Å². The minimum atomic E-state index is -0.123. The van der Waals surface area contributed by atoms with Crippen LogP contribution in [-0.2, 0) is 11.3 Å². The number of nitrogens with zero attached hydrogens (tertiary/aromatic N) is 2. The van der Waals surface area contributed by atoms with Crippen molar-refractivity contribution in [2.24, 2.45) is 0 Å². The van der Waals surface area contributed by atoms with E-state index >= 15 is 0 Å². The standard InChI is InChI=1S/C16H26N4O/c1-5-13-15(21)18-9-10-20(13)14-12(7-6-8-17-14)11-19-16(2,3)4/h6-8,13,19H,5,9-11H2,1-4H3,(H,18,21). The quantitative estimate of drug-likeness (QED) is 0.886. The minimum Gasteiger partial charge on any atom is -0.353 e. The van der Waals surface area contributed by atoms with Crippen LogP contribution in [-0.4, -0.2) is 35.6 Å². The number of nitrogens with one attached hydrogen (secondary N) is 2. The molecular weight excluding hydrogens is 264 g/mol. The molecular formula is C16H26N4O. The molecule has 2 N–H and O–H groups in total. The molecule has 1 saturated heterocycles. The molecule has 1 aliphatic heterocycles. The van der Waals surface area contributed by atoms with Gasteiger partial charge < -0.3 is 15.5 Å². The molecule has 116 valence electrons. The lowest BCUT2D eigenvalue weighted by Crippen LogP contribution is -2.55. The summed E-state index contributed by atoms with van der Waals surface area (Å²) in [5.74, 6) is 1.03. The van der Waals surface area contributed by atoms with Crippen molar-refractivity contribution in [1.29, 1.82) is 0 Å². The van der Waals surface area contributed by atoms with Gasteiger partial charge in [0.1, 0.15) is 11.9 Å². The van der Waals surface area contributed by atoms with E-state index in [9.17, 15) is 4.79 Å². The van der Waals surface area contributed by atoms with E-state index < -0.39 is 0 Å². The summed E-state index contributed by atoms with van der Waals surface area (Å²) < 4.78 is 0. The monoisotopic (exact) mass is 290 g/mol. The van der Waals surface area contributed by atoms with Gasteiger partial charge >= 0.3 is 0 Å². The summed E-state index contributed by atoms with van der Waals surface area (Å²) in [4.78, 5) is 18.7. The van der Waals surface area contributed by atoms with Crippen molar-refractivity contribution < 1.29 is 4.79 Å². The van der Waals surface area contributed by atoms with Gasteiger partial charge in [0.2, 0.25) is 5.91 Å². The molecule has 5 nitrogen and oxygen atoms in total. The van der Waals surface area contributed by atoms with Gasteiger partial charge in [-0.25, -0.2) is 4.98 Å². The predicted octanol–water partition coefficient (Wildman–Crippen LogP) is 1.68. The van der Waals surface area contributed by atoms with Crippen LogP contribution in [0.15, 0.2) is 18.3 Å². The van der Waals surface area contributed by atoms with Crippen LogP contribution in [0.4, 0.5) is 5.82 Å². The Kier molecular flexibility index (Phi) is 4.83. The first-order valence-electron chi connectivity index (χ1n) is 7.65. The third-order valence-corrected chi connectivity index (χ3v) is 3.67. The van der Waals surface area contributed by atoms with Gasteiger partial charge in [-0.1, -0.05) is 13.0 Å². The number of hydrogen-bond acceptors (Lipinski definition) is 4. The van der Waals surface area contributed by atoms with Gasteiger partial charge in [-0.05, 0) is 33.3 Å². The van der Waals surface area contributed by atoms with Crippen LogP contribution in [0.25, 0.3) is 0 Å². The molecule has 5 heteroatoms. The summed E-state index contributed by atoms with van der Waals surface area (Å²) in [5, 5.41) is 6.43. The minimum absolute atomic E-state index is 0.0521. The van der Waals surface area contributed by atoms with Crippen molar-refractivity contribution in [1.82, 2.24) is 15.6 Å². The maximum absolute atomic E-state index is 12.0. The zero-order chi connectivity index (χ0) is 15.5. The van der Waals surface area contributed by atoms with Crippen LogP contribution in [0.5, 0.6) is 0 Å². The van der Waals surface area contributed by atoms with Crippen molar-refractivity contribution in [3.63, 3.8) is 0 Å². The molecule has 0 aromatic carbocycles. The number of anilines is 1. The smallest absolute Gasteiger partial charge is 0.242 e. The summed E-state index contributed by atoms with van der Waals surface area (Å²) in [6, 6.07) is 3.91. The lowest BCUT2D eigenvalue weighted by atomic mass is 10.1. The number of hydrogen-bond donors (Lipinski definition) is 2. The average Bonchev–Trinajstić information content (AvgIpc) is 2.44. The second kappa shape index (κ2) is 6.43. The number of aromatic nitrogens is 1. The van der Waals surface area contributed by atoms with Gasteiger partial charge in [-0.15, -0.1) is 0 Å². The molecule has 1 unspecified atom stereocenters. The van der Waals surface area contributed by atoms with E-state index in [4.69, 9.17) is 0 Å². The SMILES string of the molecule is CCC1C(=O)NCCN1c1ncccc1CNC(C)(C)C. The van der Waals surface area contributed by atoms with Crippen LogP contribution in [0.2, 0.25) is 0 Å². The number of amides is 1. The number of carbonyl (C=O) groups excluding carboxylic acids is 1. The third kappa shape index (κ3) is 3.94. The van der Waals surface area contributed by atoms with Crippen LogP contribution in [0.3, 0.4) is 0 Å². The largest absolute Gasteiger partial charge is 0.353 e. The maximum atomic E-state index is 12.0. The number of rotatable bonds is 4. The Morgan fingerprint density at radius 3 is 2.90 bits per heavy atom. The van der Waals surface area contributed by atoms with Crippen molar-refractivity contribution >= 4 is 11.7 Å². The molecule has 0 radical (unpaired) electrons.